The smallest absolute Gasteiger partial charge is 0.304 e. The largest absolute Gasteiger partial charge is 0.481 e. The Labute approximate surface area is 648 Å². The number of aliphatic hydroxyl groups excluding tert-OH is 2. The highest BCUT2D eigenvalue weighted by atomic mass is 31.0. The molecule has 1 aliphatic heterocycles. The van der Waals surface area contributed by atoms with E-state index < -0.39 is 11.6 Å². The lowest BCUT2D eigenvalue weighted by Gasteiger charge is -2.39. The third-order valence-electron chi connectivity index (χ3n) is 22.3. The normalized spacial score (nSPS) is 29.9. The van der Waals surface area contributed by atoms with E-state index in [1.807, 2.05) is 25.2 Å². The molecule has 8 aliphatic carbocycles. The van der Waals surface area contributed by atoms with Crippen molar-refractivity contribution in [2.45, 2.75) is 377 Å². The van der Waals surface area contributed by atoms with Crippen LogP contribution in [0.15, 0.2) is 59.3 Å². The average molecular weight is 1530 g/mol. The molecule has 13 atom stereocenters. The van der Waals surface area contributed by atoms with E-state index in [1.54, 1.807) is 13.8 Å². The minimum atomic E-state index is -0.695. The van der Waals surface area contributed by atoms with Crippen molar-refractivity contribution in [3.8, 4) is 0 Å². The number of allylic oxidation sites excluding steroid dienone is 7. The second kappa shape index (κ2) is 53.8. The fourth-order valence-electron chi connectivity index (χ4n) is 15.6. The number of hydrogen-bond donors (Lipinski definition) is 4. The number of rotatable bonds is 25. The zero-order valence-corrected chi connectivity index (χ0v) is 71.5. The highest BCUT2D eigenvalue weighted by molar-refractivity contribution is 7.10. The van der Waals surface area contributed by atoms with Crippen molar-refractivity contribution in [2.75, 3.05) is 52.9 Å². The molecule has 17 nitrogen and oxygen atoms in total. The fourth-order valence-corrected chi connectivity index (χ4v) is 15.9. The summed E-state index contributed by atoms with van der Waals surface area (Å²) in [6, 6.07) is 0. The molecule has 0 spiro atoms. The van der Waals surface area contributed by atoms with Gasteiger partial charge in [-0.3, -0.25) is 24.0 Å². The monoisotopic (exact) mass is 1530 g/mol. The molecule has 9 aliphatic rings. The number of aliphatic carboxylic acids is 1. The number of esters is 2. The van der Waals surface area contributed by atoms with E-state index in [9.17, 15) is 34.2 Å². The molecule has 1 heterocycles. The van der Waals surface area contributed by atoms with E-state index in [0.29, 0.717) is 67.8 Å². The highest BCUT2D eigenvalue weighted by Gasteiger charge is 2.36. The van der Waals surface area contributed by atoms with Crippen molar-refractivity contribution in [3.05, 3.63) is 59.3 Å². The van der Waals surface area contributed by atoms with Crippen molar-refractivity contribution in [3.63, 3.8) is 0 Å². The highest BCUT2D eigenvalue weighted by Crippen LogP contribution is 2.43. The number of ether oxygens (including phenoxy) is 6. The number of carbonyl (C=O) groups excluding carboxylic acids is 4. The maximum atomic E-state index is 11.4. The summed E-state index contributed by atoms with van der Waals surface area (Å²) in [6.45, 7) is 33.6. The van der Waals surface area contributed by atoms with E-state index >= 15 is 0 Å². The Morgan fingerprint density at radius 2 is 1.08 bits per heavy atom. The Balaban J connectivity index is 0.000000414. The first kappa shape index (κ1) is 99.0. The Morgan fingerprint density at radius 1 is 0.575 bits per heavy atom. The average Bonchev–Trinajstić information content (AvgIpc) is 0.866. The van der Waals surface area contributed by atoms with Crippen molar-refractivity contribution >= 4 is 48.4 Å². The van der Waals surface area contributed by atoms with Crippen molar-refractivity contribution in [2.24, 2.45) is 32.5 Å². The van der Waals surface area contributed by atoms with E-state index in [2.05, 4.69) is 106 Å². The molecule has 1 saturated heterocycles. The minimum Gasteiger partial charge on any atom is -0.481 e. The maximum Gasteiger partial charge on any atom is 0.304 e. The van der Waals surface area contributed by atoms with Crippen LogP contribution in [0.1, 0.15) is 341 Å². The Bertz CT molecular complexity index is 2580. The van der Waals surface area contributed by atoms with Gasteiger partial charge in [-0.05, 0) is 285 Å². The van der Waals surface area contributed by atoms with E-state index in [0.717, 1.165) is 193 Å². The number of Topliss-reactive ketones (excluding diaryl/α,β-unsaturated/α-hetero) is 2. The minimum absolute atomic E-state index is 0.0326. The standard InChI is InChI=1S/2C14H26O3.C14H24O2.C9H19O2P.3C9H14O2.C9H17OP/c1-14(8-9-15)7-4-5-12(11-14)17-13-6-2-3-10-16-13;1-13(2,16)7-9-17-10-8-14(3)6-4-5-12(15)11-14;1-12(2)6-9-16-10-8-14(3)7-4-5-13(15)11-14;1-9(5-6-11-12)4-2-3-8(10)7-9;2*1-7-4-3-5-9(6-7)11-8(2)10;1-9(7-8(10)11)5-3-2-4-6-9;1-9(7-8-10-11)5-3-2-4-6-9/h12-13,15H,2-11H2,1H3;16H,4-11H2,1-3H3;6H,4-5,7-11H2,1-3H3;8,10H,2-7,12H2,1H3;2*6,9H,3-5H2,1-2H3;3,5H,2,4,6-7H2,1H3,(H,10,11);3,5H,2,4,6-8,11H2,1H3/t12?,13?,14-;2*14-;8?,9-;9-;;2*9-/m00000.00/s1. The van der Waals surface area contributed by atoms with Crippen LogP contribution in [0.5, 0.6) is 0 Å². The number of carboxylic acids is 1. The van der Waals surface area contributed by atoms with Gasteiger partial charge < -0.3 is 57.9 Å². The number of carbonyl (C=O) groups is 5. The third kappa shape index (κ3) is 49.4. The molecule has 614 valence electrons. The SMILES string of the molecule is CC(=O)OC1C=C(C)CCC1.CC(=O)O[C@@H]1C=C(C)CCC1.CC(C)(O)CCOCC[C@]1(C)CCCC(=O)C1.CC(C)=CCOCC[C@]1(C)CCCC(=O)C1.C[C@@]1(CCO)CCCC(OC2CCCCO2)C1.C[C@@]1(CCOP)CCCC(O)C1.C[C@]1(CC(=O)O)C=CCCC1.C[C@]1(CCOP)C=CCCC1. The lowest BCUT2D eigenvalue weighted by atomic mass is 9.72. The van der Waals surface area contributed by atoms with Gasteiger partial charge in [-0.2, -0.15) is 0 Å². The van der Waals surface area contributed by atoms with Crippen molar-refractivity contribution < 1.29 is 81.9 Å². The van der Waals surface area contributed by atoms with E-state index in [4.69, 9.17) is 47.7 Å². The first-order valence-corrected chi connectivity index (χ1v) is 41.9. The van der Waals surface area contributed by atoms with Gasteiger partial charge >= 0.3 is 17.9 Å². The van der Waals surface area contributed by atoms with Gasteiger partial charge in [-0.15, -0.1) is 0 Å². The van der Waals surface area contributed by atoms with Crippen molar-refractivity contribution in [1.29, 1.82) is 0 Å². The number of carboxylic acid groups (broad SMARTS) is 1. The molecule has 4 saturated carbocycles. The molecule has 106 heavy (non-hydrogen) atoms. The lowest BCUT2D eigenvalue weighted by molar-refractivity contribution is -0.200. The lowest BCUT2D eigenvalue weighted by Crippen LogP contribution is -2.35. The number of ketones is 2. The molecule has 19 heteroatoms. The number of hydrogen-bond acceptors (Lipinski definition) is 16. The van der Waals surface area contributed by atoms with Gasteiger partial charge in [0.2, 0.25) is 0 Å². The Morgan fingerprint density at radius 3 is 1.52 bits per heavy atom. The molecule has 0 aromatic carbocycles. The second-order valence-corrected chi connectivity index (χ2v) is 35.8. The van der Waals surface area contributed by atoms with Crippen LogP contribution in [0.25, 0.3) is 0 Å². The molecule has 6 unspecified atom stereocenters. The summed E-state index contributed by atoms with van der Waals surface area (Å²) in [7, 11) is 4.59. The molecule has 4 N–H and O–H groups in total. The fraction of sp³-hybridized carbons (Fsp3) is 0.828. The third-order valence-corrected chi connectivity index (χ3v) is 22.8. The van der Waals surface area contributed by atoms with E-state index in [-0.39, 0.29) is 64.6 Å². The van der Waals surface area contributed by atoms with Gasteiger partial charge in [0.25, 0.3) is 0 Å². The first-order chi connectivity index (χ1) is 50.0. The predicted molar refractivity (Wildman–Crippen MR) is 435 cm³/mol. The Kier molecular flexibility index (Phi) is 50.3. The summed E-state index contributed by atoms with van der Waals surface area (Å²) in [5.41, 5.74) is 4.57. The molecular formula is C87H154O17P2. The molecular weight excluding hydrogens is 1380 g/mol. The van der Waals surface area contributed by atoms with E-state index in [1.165, 1.54) is 88.4 Å². The van der Waals surface area contributed by atoms with Gasteiger partial charge in [0.05, 0.1) is 44.1 Å². The van der Waals surface area contributed by atoms with Crippen LogP contribution < -0.4 is 0 Å². The molecule has 0 bridgehead atoms. The summed E-state index contributed by atoms with van der Waals surface area (Å²) >= 11 is 0. The molecule has 5 fully saturated rings. The van der Waals surface area contributed by atoms with Gasteiger partial charge in [0.1, 0.15) is 23.8 Å². The number of aliphatic hydroxyl groups is 3. The molecule has 0 aromatic rings. The summed E-state index contributed by atoms with van der Waals surface area (Å²) in [5.74, 6) is -0.228. The molecule has 0 radical (unpaired) electrons. The maximum absolute atomic E-state index is 11.4. The summed E-state index contributed by atoms with van der Waals surface area (Å²) < 4.78 is 42.9. The van der Waals surface area contributed by atoms with Gasteiger partial charge in [-0.25, -0.2) is 0 Å². The first-order valence-electron chi connectivity index (χ1n) is 41.0. The quantitative estimate of drug-likeness (QED) is 0.0287. The van der Waals surface area contributed by atoms with Gasteiger partial charge in [-0.1, -0.05) is 101 Å². The zero-order chi connectivity index (χ0) is 79.1. The topological polar surface area (TPSA) is 240 Å². The van der Waals surface area contributed by atoms with Gasteiger partial charge in [0.15, 0.2) is 6.29 Å². The van der Waals surface area contributed by atoms with Crippen LogP contribution in [0.4, 0.5) is 0 Å². The molecule has 0 aromatic heterocycles. The van der Waals surface area contributed by atoms with Crippen LogP contribution in [-0.2, 0) is 61.4 Å². The summed E-state index contributed by atoms with van der Waals surface area (Å²) in [6.07, 6.45) is 54.9. The molecule has 9 rings (SSSR count). The zero-order valence-electron chi connectivity index (χ0n) is 69.2. The van der Waals surface area contributed by atoms with Crippen LogP contribution in [0.2, 0.25) is 0 Å². The van der Waals surface area contributed by atoms with Crippen LogP contribution in [0.3, 0.4) is 0 Å². The predicted octanol–water partition coefficient (Wildman–Crippen LogP) is 20.4. The summed E-state index contributed by atoms with van der Waals surface area (Å²) in [4.78, 5) is 54.4. The van der Waals surface area contributed by atoms with Crippen LogP contribution in [0, 0.1) is 32.5 Å². The second-order valence-electron chi connectivity index (χ2n) is 35.1. The molecule has 0 amide bonds. The summed E-state index contributed by atoms with van der Waals surface area (Å²) in [5, 5.41) is 36.7. The van der Waals surface area contributed by atoms with Crippen molar-refractivity contribution in [1.82, 2.24) is 0 Å². The Hall–Kier alpha value is -3.05. The van der Waals surface area contributed by atoms with Gasteiger partial charge in [0, 0.05) is 91.5 Å². The van der Waals surface area contributed by atoms with Crippen LogP contribution >= 0.6 is 18.9 Å². The van der Waals surface area contributed by atoms with Crippen LogP contribution in [-0.4, -0.2) is 139 Å².